The van der Waals surface area contributed by atoms with Crippen molar-refractivity contribution in [3.63, 3.8) is 0 Å². The maximum absolute atomic E-state index is 13.0. The molecule has 3 rings (SSSR count). The lowest BCUT2D eigenvalue weighted by atomic mass is 10.3. The summed E-state index contributed by atoms with van der Waals surface area (Å²) in [5.74, 6) is -0.722. The van der Waals surface area contributed by atoms with Gasteiger partial charge in [-0.2, -0.15) is 0 Å². The summed E-state index contributed by atoms with van der Waals surface area (Å²) < 4.78 is 13.0. The van der Waals surface area contributed by atoms with E-state index in [9.17, 15) is 9.18 Å². The van der Waals surface area contributed by atoms with Crippen LogP contribution in [-0.2, 0) is 0 Å². The highest BCUT2D eigenvalue weighted by Crippen LogP contribution is 2.15. The van der Waals surface area contributed by atoms with Crippen molar-refractivity contribution in [2.75, 3.05) is 5.32 Å². The second-order valence-electron chi connectivity index (χ2n) is 4.09. The van der Waals surface area contributed by atoms with Gasteiger partial charge in [0, 0.05) is 17.3 Å². The van der Waals surface area contributed by atoms with Gasteiger partial charge in [0.25, 0.3) is 5.91 Å². The van der Waals surface area contributed by atoms with Gasteiger partial charge in [-0.25, -0.2) is 9.37 Å². The number of nitrogens with one attached hydrogen (secondary N) is 2. The zero-order chi connectivity index (χ0) is 13.2. The van der Waals surface area contributed by atoms with Gasteiger partial charge >= 0.3 is 0 Å². The molecule has 0 radical (unpaired) electrons. The Balaban J connectivity index is 1.87. The molecule has 0 atom stereocenters. The fraction of sp³-hybridized carbons (Fsp3) is 0. The zero-order valence-corrected chi connectivity index (χ0v) is 9.85. The molecule has 0 spiro atoms. The zero-order valence-electron chi connectivity index (χ0n) is 9.85. The first-order valence-electron chi connectivity index (χ1n) is 5.73. The maximum Gasteiger partial charge on any atom is 0.272 e. The summed E-state index contributed by atoms with van der Waals surface area (Å²) in [5, 5.41) is 3.48. The molecule has 5 heteroatoms. The van der Waals surface area contributed by atoms with E-state index in [1.807, 2.05) is 6.07 Å². The van der Waals surface area contributed by atoms with Crippen molar-refractivity contribution in [2.24, 2.45) is 0 Å². The third kappa shape index (κ3) is 2.30. The fourth-order valence-electron chi connectivity index (χ4n) is 1.84. The molecule has 19 heavy (non-hydrogen) atoms. The summed E-state index contributed by atoms with van der Waals surface area (Å²) in [6.45, 7) is 0. The SMILES string of the molecule is O=C(Nc1cccc(F)c1)c1cc2cccnc2[nH]1. The van der Waals surface area contributed by atoms with Crippen LogP contribution in [-0.4, -0.2) is 15.9 Å². The van der Waals surface area contributed by atoms with Gasteiger partial charge in [0.1, 0.15) is 17.2 Å². The first kappa shape index (κ1) is 11.4. The molecule has 2 heterocycles. The lowest BCUT2D eigenvalue weighted by Crippen LogP contribution is -2.12. The number of anilines is 1. The highest BCUT2D eigenvalue weighted by Gasteiger charge is 2.10. The fourth-order valence-corrected chi connectivity index (χ4v) is 1.84. The number of aromatic nitrogens is 2. The van der Waals surface area contributed by atoms with Gasteiger partial charge in [0.15, 0.2) is 0 Å². The molecule has 1 amide bonds. The molecular weight excluding hydrogens is 245 g/mol. The molecule has 3 aromatic rings. The Labute approximate surface area is 108 Å². The molecule has 1 aromatic carbocycles. The number of pyridine rings is 1. The summed E-state index contributed by atoms with van der Waals surface area (Å²) in [4.78, 5) is 19.0. The number of carbonyl (C=O) groups is 1. The van der Waals surface area contributed by atoms with Gasteiger partial charge in [-0.15, -0.1) is 0 Å². The van der Waals surface area contributed by atoms with Crippen molar-refractivity contribution < 1.29 is 9.18 Å². The molecule has 0 fully saturated rings. The van der Waals surface area contributed by atoms with Crippen molar-refractivity contribution >= 4 is 22.6 Å². The summed E-state index contributed by atoms with van der Waals surface area (Å²) in [7, 11) is 0. The number of aromatic amines is 1. The van der Waals surface area contributed by atoms with Crippen LogP contribution in [0.3, 0.4) is 0 Å². The van der Waals surface area contributed by atoms with Crippen LogP contribution in [0.1, 0.15) is 10.5 Å². The van der Waals surface area contributed by atoms with Crippen LogP contribution in [0.2, 0.25) is 0 Å². The number of hydrogen-bond donors (Lipinski definition) is 2. The van der Waals surface area contributed by atoms with Crippen molar-refractivity contribution in [3.8, 4) is 0 Å². The van der Waals surface area contributed by atoms with Gasteiger partial charge in [-0.3, -0.25) is 4.79 Å². The summed E-state index contributed by atoms with van der Waals surface area (Å²) in [6, 6.07) is 11.1. The lowest BCUT2D eigenvalue weighted by Gasteiger charge is -2.03. The van der Waals surface area contributed by atoms with E-state index in [1.54, 1.807) is 24.4 Å². The molecule has 0 saturated heterocycles. The monoisotopic (exact) mass is 255 g/mol. The number of rotatable bonds is 2. The second kappa shape index (κ2) is 4.53. The third-order valence-corrected chi connectivity index (χ3v) is 2.72. The van der Waals surface area contributed by atoms with Crippen LogP contribution >= 0.6 is 0 Å². The van der Waals surface area contributed by atoms with Gasteiger partial charge in [0.05, 0.1) is 0 Å². The first-order chi connectivity index (χ1) is 9.22. The molecule has 4 nitrogen and oxygen atoms in total. The standard InChI is InChI=1S/C14H10FN3O/c15-10-4-1-5-11(8-10)17-14(19)12-7-9-3-2-6-16-13(9)18-12/h1-8H,(H,16,18)(H,17,19). The predicted octanol–water partition coefficient (Wildman–Crippen LogP) is 2.95. The minimum absolute atomic E-state index is 0.330. The topological polar surface area (TPSA) is 57.8 Å². The van der Waals surface area contributed by atoms with Crippen LogP contribution in [0.25, 0.3) is 11.0 Å². The van der Waals surface area contributed by atoms with Crippen LogP contribution in [0.5, 0.6) is 0 Å². The Kier molecular flexibility index (Phi) is 2.72. The maximum atomic E-state index is 13.0. The van der Waals surface area contributed by atoms with Crippen molar-refractivity contribution in [1.82, 2.24) is 9.97 Å². The normalized spacial score (nSPS) is 10.6. The average Bonchev–Trinajstić information content (AvgIpc) is 2.82. The van der Waals surface area contributed by atoms with E-state index >= 15 is 0 Å². The van der Waals surface area contributed by atoms with Crippen LogP contribution in [0, 0.1) is 5.82 Å². The van der Waals surface area contributed by atoms with E-state index in [4.69, 9.17) is 0 Å². The smallest absolute Gasteiger partial charge is 0.272 e. The molecule has 0 saturated carbocycles. The number of benzene rings is 1. The molecule has 2 aromatic heterocycles. The molecule has 94 valence electrons. The summed E-state index contributed by atoms with van der Waals surface area (Å²) >= 11 is 0. The molecule has 0 aliphatic carbocycles. The van der Waals surface area contributed by atoms with Crippen molar-refractivity contribution in [1.29, 1.82) is 0 Å². The van der Waals surface area contributed by atoms with Crippen LogP contribution in [0.4, 0.5) is 10.1 Å². The van der Waals surface area contributed by atoms with Crippen molar-refractivity contribution in [2.45, 2.75) is 0 Å². The molecule has 0 aliphatic heterocycles. The predicted molar refractivity (Wildman–Crippen MR) is 70.4 cm³/mol. The number of fused-ring (bicyclic) bond motifs is 1. The van der Waals surface area contributed by atoms with Crippen LogP contribution in [0.15, 0.2) is 48.7 Å². The minimum Gasteiger partial charge on any atom is -0.335 e. The molecule has 0 unspecified atom stereocenters. The Morgan fingerprint density at radius 3 is 2.89 bits per heavy atom. The van der Waals surface area contributed by atoms with Gasteiger partial charge in [-0.1, -0.05) is 6.07 Å². The van der Waals surface area contributed by atoms with Gasteiger partial charge in [0.2, 0.25) is 0 Å². The number of H-pyrrole nitrogens is 1. The van der Waals surface area contributed by atoms with E-state index in [2.05, 4.69) is 15.3 Å². The lowest BCUT2D eigenvalue weighted by molar-refractivity contribution is 0.102. The Morgan fingerprint density at radius 2 is 2.11 bits per heavy atom. The van der Waals surface area contributed by atoms with Crippen LogP contribution < -0.4 is 5.32 Å². The highest BCUT2D eigenvalue weighted by molar-refractivity contribution is 6.05. The van der Waals surface area contributed by atoms with E-state index < -0.39 is 5.82 Å². The summed E-state index contributed by atoms with van der Waals surface area (Å²) in [5.41, 5.74) is 1.45. The first-order valence-corrected chi connectivity index (χ1v) is 5.73. The number of carbonyl (C=O) groups excluding carboxylic acids is 1. The quantitative estimate of drug-likeness (QED) is 0.739. The second-order valence-corrected chi connectivity index (χ2v) is 4.09. The van der Waals surface area contributed by atoms with E-state index in [0.29, 0.717) is 17.0 Å². The number of amides is 1. The molecular formula is C14H10FN3O. The third-order valence-electron chi connectivity index (χ3n) is 2.72. The van der Waals surface area contributed by atoms with E-state index in [0.717, 1.165) is 5.39 Å². The van der Waals surface area contributed by atoms with Gasteiger partial charge in [-0.05, 0) is 36.4 Å². The molecule has 2 N–H and O–H groups in total. The summed E-state index contributed by atoms with van der Waals surface area (Å²) in [6.07, 6.45) is 1.65. The van der Waals surface area contributed by atoms with E-state index in [-0.39, 0.29) is 5.91 Å². The average molecular weight is 255 g/mol. The largest absolute Gasteiger partial charge is 0.335 e. The number of hydrogen-bond acceptors (Lipinski definition) is 2. The molecule has 0 aliphatic rings. The van der Waals surface area contributed by atoms with E-state index in [1.165, 1.54) is 18.2 Å². The number of nitrogens with zero attached hydrogens (tertiary/aromatic N) is 1. The minimum atomic E-state index is -0.392. The Morgan fingerprint density at radius 1 is 1.21 bits per heavy atom. The Hall–Kier alpha value is -2.69. The number of halogens is 1. The highest BCUT2D eigenvalue weighted by atomic mass is 19.1. The van der Waals surface area contributed by atoms with Gasteiger partial charge < -0.3 is 10.3 Å². The molecule has 0 bridgehead atoms. The Bertz CT molecular complexity index is 718. The van der Waals surface area contributed by atoms with Crippen molar-refractivity contribution in [3.05, 3.63) is 60.2 Å².